The lowest BCUT2D eigenvalue weighted by molar-refractivity contribution is -0.150. The lowest BCUT2D eigenvalue weighted by atomic mass is 10.0. The SMILES string of the molecule is CCOC(=O)C(F)[C@@H](N)c1ccc(OC(C)=O)cc1. The van der Waals surface area contributed by atoms with Crippen molar-refractivity contribution in [3.8, 4) is 5.75 Å². The quantitative estimate of drug-likeness (QED) is 0.647. The minimum absolute atomic E-state index is 0.0946. The van der Waals surface area contributed by atoms with Crippen LogP contribution in [0.3, 0.4) is 0 Å². The van der Waals surface area contributed by atoms with E-state index in [1.165, 1.54) is 31.2 Å². The fourth-order valence-corrected chi connectivity index (χ4v) is 1.46. The van der Waals surface area contributed by atoms with Gasteiger partial charge in [0, 0.05) is 6.92 Å². The van der Waals surface area contributed by atoms with Crippen LogP contribution < -0.4 is 10.5 Å². The van der Waals surface area contributed by atoms with Gasteiger partial charge in [0.1, 0.15) is 5.75 Å². The molecule has 0 bridgehead atoms. The van der Waals surface area contributed by atoms with Crippen molar-refractivity contribution in [2.45, 2.75) is 26.1 Å². The van der Waals surface area contributed by atoms with Crippen LogP contribution in [0.4, 0.5) is 4.39 Å². The van der Waals surface area contributed by atoms with Gasteiger partial charge in [-0.1, -0.05) is 12.1 Å². The molecule has 6 heteroatoms. The van der Waals surface area contributed by atoms with Crippen LogP contribution in [0, 0.1) is 0 Å². The minimum atomic E-state index is -1.93. The van der Waals surface area contributed by atoms with E-state index in [-0.39, 0.29) is 6.61 Å². The van der Waals surface area contributed by atoms with Crippen molar-refractivity contribution in [1.82, 2.24) is 0 Å². The van der Waals surface area contributed by atoms with Crippen molar-refractivity contribution in [2.24, 2.45) is 5.73 Å². The third-order valence-corrected chi connectivity index (χ3v) is 2.35. The highest BCUT2D eigenvalue weighted by molar-refractivity contribution is 5.75. The maximum Gasteiger partial charge on any atom is 0.342 e. The lowest BCUT2D eigenvalue weighted by Crippen LogP contribution is -2.31. The van der Waals surface area contributed by atoms with Gasteiger partial charge in [-0.05, 0) is 24.6 Å². The molecule has 0 radical (unpaired) electrons. The molecule has 1 rings (SSSR count). The van der Waals surface area contributed by atoms with E-state index in [0.29, 0.717) is 11.3 Å². The zero-order chi connectivity index (χ0) is 14.4. The molecule has 0 aliphatic heterocycles. The van der Waals surface area contributed by atoms with Crippen molar-refractivity contribution in [1.29, 1.82) is 0 Å². The summed E-state index contributed by atoms with van der Waals surface area (Å²) in [5.74, 6) is -1.11. The molecule has 104 valence electrons. The van der Waals surface area contributed by atoms with Crippen LogP contribution in [0.15, 0.2) is 24.3 Å². The lowest BCUT2D eigenvalue weighted by Gasteiger charge is -2.16. The van der Waals surface area contributed by atoms with Gasteiger partial charge in [0.2, 0.25) is 6.17 Å². The van der Waals surface area contributed by atoms with E-state index in [0.717, 1.165) is 0 Å². The molecule has 0 aromatic heterocycles. The summed E-state index contributed by atoms with van der Waals surface area (Å²) < 4.78 is 23.1. The Kier molecular flexibility index (Phi) is 5.44. The molecule has 1 aromatic rings. The number of esters is 2. The van der Waals surface area contributed by atoms with Crippen molar-refractivity contribution >= 4 is 11.9 Å². The van der Waals surface area contributed by atoms with Crippen molar-refractivity contribution < 1.29 is 23.5 Å². The van der Waals surface area contributed by atoms with Crippen molar-refractivity contribution in [2.75, 3.05) is 6.61 Å². The Balaban J connectivity index is 2.74. The predicted octanol–water partition coefficient (Wildman–Crippen LogP) is 1.51. The number of ether oxygens (including phenoxy) is 2. The molecular formula is C13H16FNO4. The second-order valence-corrected chi connectivity index (χ2v) is 3.84. The molecule has 19 heavy (non-hydrogen) atoms. The molecule has 5 nitrogen and oxygen atoms in total. The summed E-state index contributed by atoms with van der Waals surface area (Å²) in [7, 11) is 0. The fourth-order valence-electron chi connectivity index (χ4n) is 1.46. The van der Waals surface area contributed by atoms with E-state index >= 15 is 0 Å². The number of rotatable bonds is 5. The number of benzene rings is 1. The highest BCUT2D eigenvalue weighted by Gasteiger charge is 2.27. The topological polar surface area (TPSA) is 78.6 Å². The van der Waals surface area contributed by atoms with Gasteiger partial charge < -0.3 is 15.2 Å². The van der Waals surface area contributed by atoms with Gasteiger partial charge in [-0.3, -0.25) is 4.79 Å². The maximum atomic E-state index is 13.7. The summed E-state index contributed by atoms with van der Waals surface area (Å²) in [6.45, 7) is 2.96. The second-order valence-electron chi connectivity index (χ2n) is 3.84. The minimum Gasteiger partial charge on any atom is -0.464 e. The molecule has 0 aliphatic rings. The van der Waals surface area contributed by atoms with Gasteiger partial charge in [-0.25, -0.2) is 9.18 Å². The molecule has 0 amide bonds. The van der Waals surface area contributed by atoms with Crippen molar-refractivity contribution in [3.63, 3.8) is 0 Å². The van der Waals surface area contributed by atoms with Gasteiger partial charge in [0.15, 0.2) is 0 Å². The van der Waals surface area contributed by atoms with Gasteiger partial charge >= 0.3 is 11.9 Å². The average molecular weight is 269 g/mol. The predicted molar refractivity (Wildman–Crippen MR) is 66.2 cm³/mol. The number of hydrogen-bond donors (Lipinski definition) is 1. The van der Waals surface area contributed by atoms with Crippen LogP contribution in [0.25, 0.3) is 0 Å². The van der Waals surface area contributed by atoms with Gasteiger partial charge in [0.25, 0.3) is 0 Å². The third kappa shape index (κ3) is 4.33. The van der Waals surface area contributed by atoms with Crippen LogP contribution in [-0.2, 0) is 14.3 Å². The smallest absolute Gasteiger partial charge is 0.342 e. The van der Waals surface area contributed by atoms with Gasteiger partial charge in [-0.15, -0.1) is 0 Å². The van der Waals surface area contributed by atoms with E-state index in [2.05, 4.69) is 4.74 Å². The molecule has 0 saturated heterocycles. The van der Waals surface area contributed by atoms with Crippen LogP contribution in [0.5, 0.6) is 5.75 Å². The molecule has 2 N–H and O–H groups in total. The number of halogens is 1. The first-order valence-electron chi connectivity index (χ1n) is 5.80. The Bertz CT molecular complexity index is 446. The molecule has 0 heterocycles. The molecule has 0 aliphatic carbocycles. The summed E-state index contributed by atoms with van der Waals surface area (Å²) in [6.07, 6.45) is -1.93. The highest BCUT2D eigenvalue weighted by Crippen LogP contribution is 2.21. The van der Waals surface area contributed by atoms with Crippen LogP contribution in [0.2, 0.25) is 0 Å². The summed E-state index contributed by atoms with van der Waals surface area (Å²) in [6, 6.07) is 4.83. The largest absolute Gasteiger partial charge is 0.464 e. The van der Waals surface area contributed by atoms with Gasteiger partial charge in [-0.2, -0.15) is 0 Å². The molecular weight excluding hydrogens is 253 g/mol. The zero-order valence-electron chi connectivity index (χ0n) is 10.8. The van der Waals surface area contributed by atoms with Gasteiger partial charge in [0.05, 0.1) is 12.6 Å². The number of hydrogen-bond acceptors (Lipinski definition) is 5. The van der Waals surface area contributed by atoms with Crippen LogP contribution >= 0.6 is 0 Å². The van der Waals surface area contributed by atoms with E-state index < -0.39 is 24.2 Å². The Labute approximate surface area is 110 Å². The fraction of sp³-hybridized carbons (Fsp3) is 0.385. The molecule has 0 fully saturated rings. The molecule has 1 aromatic carbocycles. The van der Waals surface area contributed by atoms with Crippen LogP contribution in [0.1, 0.15) is 25.5 Å². The van der Waals surface area contributed by atoms with Crippen LogP contribution in [-0.4, -0.2) is 24.7 Å². The van der Waals surface area contributed by atoms with E-state index in [1.54, 1.807) is 6.92 Å². The third-order valence-electron chi connectivity index (χ3n) is 2.35. The Morgan fingerprint density at radius 3 is 2.37 bits per heavy atom. The summed E-state index contributed by atoms with van der Waals surface area (Å²) in [5.41, 5.74) is 6.05. The monoisotopic (exact) mass is 269 g/mol. The Hall–Kier alpha value is -1.95. The second kappa shape index (κ2) is 6.84. The summed E-state index contributed by atoms with van der Waals surface area (Å²) in [5, 5.41) is 0. The molecule has 0 saturated carbocycles. The molecule has 1 unspecified atom stereocenters. The number of alkyl halides is 1. The first kappa shape index (κ1) is 15.1. The molecule has 2 atom stereocenters. The van der Waals surface area contributed by atoms with Crippen molar-refractivity contribution in [3.05, 3.63) is 29.8 Å². The Morgan fingerprint density at radius 2 is 1.89 bits per heavy atom. The summed E-state index contributed by atoms with van der Waals surface area (Å²) in [4.78, 5) is 22.0. The Morgan fingerprint density at radius 1 is 1.32 bits per heavy atom. The van der Waals surface area contributed by atoms with E-state index in [4.69, 9.17) is 10.5 Å². The number of carbonyl (C=O) groups is 2. The number of nitrogens with two attached hydrogens (primary N) is 1. The zero-order valence-corrected chi connectivity index (χ0v) is 10.8. The first-order valence-corrected chi connectivity index (χ1v) is 5.80. The van der Waals surface area contributed by atoms with E-state index in [1.807, 2.05) is 0 Å². The average Bonchev–Trinajstić information content (AvgIpc) is 2.37. The summed E-state index contributed by atoms with van der Waals surface area (Å²) >= 11 is 0. The standard InChI is InChI=1S/C13H16FNO4/c1-3-18-13(17)11(14)12(15)9-4-6-10(7-5-9)19-8(2)16/h4-7,11-12H,3,15H2,1-2H3/t11?,12-/m0/s1. The number of carbonyl (C=O) groups excluding carboxylic acids is 2. The molecule has 0 spiro atoms. The maximum absolute atomic E-state index is 13.7. The van der Waals surface area contributed by atoms with E-state index in [9.17, 15) is 14.0 Å². The first-order chi connectivity index (χ1) is 8.95. The normalized spacial score (nSPS) is 13.5. The highest BCUT2D eigenvalue weighted by atomic mass is 19.1.